The number of thioether (sulfide) groups is 1. The summed E-state index contributed by atoms with van der Waals surface area (Å²) in [4.78, 5) is 16.9. The van der Waals surface area contributed by atoms with E-state index < -0.39 is 10.0 Å². The summed E-state index contributed by atoms with van der Waals surface area (Å²) in [6.07, 6.45) is 3.83. The molecule has 1 aromatic heterocycles. The highest BCUT2D eigenvalue weighted by molar-refractivity contribution is 8.01. The fourth-order valence-electron chi connectivity index (χ4n) is 3.09. The van der Waals surface area contributed by atoms with Crippen LogP contribution in [0, 0.1) is 6.92 Å². The molecule has 1 amide bonds. The van der Waals surface area contributed by atoms with E-state index in [1.807, 2.05) is 12.3 Å². The molecule has 1 aliphatic rings. The van der Waals surface area contributed by atoms with Crippen molar-refractivity contribution in [2.45, 2.75) is 41.8 Å². The zero-order chi connectivity index (χ0) is 20.9. The number of thiazole rings is 1. The molecule has 1 fully saturated rings. The van der Waals surface area contributed by atoms with Crippen LogP contribution in [0.25, 0.3) is 0 Å². The lowest BCUT2D eigenvalue weighted by atomic mass is 10.2. The number of sulfonamides is 1. The Labute approximate surface area is 179 Å². The van der Waals surface area contributed by atoms with Gasteiger partial charge in [0, 0.05) is 24.2 Å². The lowest BCUT2D eigenvalue weighted by molar-refractivity contribution is -0.113. The first-order chi connectivity index (χ1) is 13.9. The number of hydrogen-bond acceptors (Lipinski definition) is 7. The number of carbonyl (C=O) groups excluding carboxylic acids is 1. The maximum atomic E-state index is 13.1. The van der Waals surface area contributed by atoms with Crippen molar-refractivity contribution in [2.75, 3.05) is 31.3 Å². The quantitative estimate of drug-likeness (QED) is 0.640. The molecule has 1 aromatic carbocycles. The summed E-state index contributed by atoms with van der Waals surface area (Å²) < 4.78 is 33.8. The number of hydrogen-bond donors (Lipinski definition) is 1. The zero-order valence-electron chi connectivity index (χ0n) is 16.5. The highest BCUT2D eigenvalue weighted by atomic mass is 32.2. The van der Waals surface area contributed by atoms with Crippen LogP contribution >= 0.6 is 23.1 Å². The number of rotatable bonds is 7. The molecule has 0 bridgehead atoms. The second kappa shape index (κ2) is 9.92. The van der Waals surface area contributed by atoms with Crippen molar-refractivity contribution in [1.29, 1.82) is 0 Å². The molecule has 2 aromatic rings. The fourth-order valence-corrected chi connectivity index (χ4v) is 6.28. The van der Waals surface area contributed by atoms with Crippen molar-refractivity contribution in [3.63, 3.8) is 0 Å². The number of anilines is 1. The topological polar surface area (TPSA) is 88.6 Å². The molecule has 7 nitrogen and oxygen atoms in total. The van der Waals surface area contributed by atoms with Crippen molar-refractivity contribution in [1.82, 2.24) is 9.29 Å². The number of nitrogens with one attached hydrogen (secondary N) is 1. The van der Waals surface area contributed by atoms with Gasteiger partial charge >= 0.3 is 0 Å². The number of benzene rings is 1. The minimum atomic E-state index is -3.61. The molecule has 158 valence electrons. The number of ether oxygens (including phenoxy) is 1. The number of nitrogens with zero attached hydrogens (tertiary/aromatic N) is 2. The summed E-state index contributed by atoms with van der Waals surface area (Å²) >= 11 is 2.84. The highest BCUT2D eigenvalue weighted by Crippen LogP contribution is 2.30. The third-order valence-corrected chi connectivity index (χ3v) is 8.61. The monoisotopic (exact) mass is 455 g/mol. The molecular formula is C19H25N3O4S3. The van der Waals surface area contributed by atoms with Crippen LogP contribution in [0.4, 0.5) is 5.69 Å². The Morgan fingerprint density at radius 2 is 2.00 bits per heavy atom. The Morgan fingerprint density at radius 3 is 2.62 bits per heavy atom. The molecule has 0 unspecified atom stereocenters. The number of methoxy groups -OCH3 is 1. The third-order valence-electron chi connectivity index (χ3n) is 4.57. The fraction of sp³-hybridized carbons (Fsp3) is 0.474. The summed E-state index contributed by atoms with van der Waals surface area (Å²) in [5.74, 6) is 0.355. The van der Waals surface area contributed by atoms with E-state index in [2.05, 4.69) is 10.3 Å². The predicted octanol–water partition coefficient (Wildman–Crippen LogP) is 3.76. The molecule has 0 aliphatic carbocycles. The lowest BCUT2D eigenvalue weighted by Gasteiger charge is -2.21. The summed E-state index contributed by atoms with van der Waals surface area (Å²) in [5.41, 5.74) is 1.27. The lowest BCUT2D eigenvalue weighted by Crippen LogP contribution is -2.32. The van der Waals surface area contributed by atoms with Crippen molar-refractivity contribution in [3.8, 4) is 5.75 Å². The first-order valence-corrected chi connectivity index (χ1v) is 12.7. The molecule has 29 heavy (non-hydrogen) atoms. The Morgan fingerprint density at radius 1 is 1.28 bits per heavy atom. The van der Waals surface area contributed by atoms with Crippen LogP contribution in [0.15, 0.2) is 32.8 Å². The third kappa shape index (κ3) is 5.71. The molecule has 0 radical (unpaired) electrons. The zero-order valence-corrected chi connectivity index (χ0v) is 19.0. The summed E-state index contributed by atoms with van der Waals surface area (Å²) in [5, 5.41) is 4.71. The van der Waals surface area contributed by atoms with Crippen molar-refractivity contribution < 1.29 is 17.9 Å². The van der Waals surface area contributed by atoms with Crippen LogP contribution in [-0.2, 0) is 14.8 Å². The van der Waals surface area contributed by atoms with E-state index in [9.17, 15) is 13.2 Å². The molecule has 1 saturated heterocycles. The normalized spacial score (nSPS) is 15.7. The molecule has 0 atom stereocenters. The van der Waals surface area contributed by atoms with Gasteiger partial charge in [0.2, 0.25) is 15.9 Å². The van der Waals surface area contributed by atoms with E-state index in [1.54, 1.807) is 6.07 Å². The van der Waals surface area contributed by atoms with Gasteiger partial charge in [0.25, 0.3) is 0 Å². The number of carbonyl (C=O) groups is 1. The highest BCUT2D eigenvalue weighted by Gasteiger charge is 2.26. The van der Waals surface area contributed by atoms with Gasteiger partial charge in [0.15, 0.2) is 4.34 Å². The Hall–Kier alpha value is -1.62. The van der Waals surface area contributed by atoms with Crippen molar-refractivity contribution in [2.24, 2.45) is 0 Å². The number of aromatic nitrogens is 1. The first kappa shape index (κ1) is 22.1. The molecule has 3 rings (SSSR count). The van der Waals surface area contributed by atoms with Crippen LogP contribution in [0.1, 0.15) is 31.4 Å². The molecule has 0 saturated carbocycles. The number of amides is 1. The standard InChI is InChI=1S/C19H25N3O4S3/c1-14-12-27-19(20-14)28-13-18(23)21-16-11-15(7-8-17(16)26-2)29(24,25)22-9-5-3-4-6-10-22/h7-8,11-12H,3-6,9-10,13H2,1-2H3,(H,21,23). The van der Waals surface area contributed by atoms with E-state index in [4.69, 9.17) is 4.74 Å². The smallest absolute Gasteiger partial charge is 0.243 e. The van der Waals surface area contributed by atoms with Gasteiger partial charge in [0.1, 0.15) is 5.75 Å². The maximum Gasteiger partial charge on any atom is 0.243 e. The van der Waals surface area contributed by atoms with E-state index >= 15 is 0 Å². The second-order valence-electron chi connectivity index (χ2n) is 6.77. The first-order valence-electron chi connectivity index (χ1n) is 9.43. The summed E-state index contributed by atoms with van der Waals surface area (Å²) in [6, 6.07) is 4.59. The SMILES string of the molecule is COc1ccc(S(=O)(=O)N2CCCCCC2)cc1NC(=O)CSc1nc(C)cs1. The second-order valence-corrected chi connectivity index (χ2v) is 10.8. The van der Waals surface area contributed by atoms with Crippen molar-refractivity contribution >= 4 is 44.7 Å². The van der Waals surface area contributed by atoms with Gasteiger partial charge in [-0.05, 0) is 38.0 Å². The average Bonchev–Trinajstić information content (AvgIpc) is 2.94. The van der Waals surface area contributed by atoms with E-state index in [-0.39, 0.29) is 16.6 Å². The molecule has 2 heterocycles. The minimum Gasteiger partial charge on any atom is -0.495 e. The largest absolute Gasteiger partial charge is 0.495 e. The van der Waals surface area contributed by atoms with Crippen LogP contribution in [-0.4, -0.2) is 49.6 Å². The van der Waals surface area contributed by atoms with E-state index in [0.29, 0.717) is 24.5 Å². The van der Waals surface area contributed by atoms with Gasteiger partial charge < -0.3 is 10.1 Å². The molecule has 10 heteroatoms. The molecule has 1 N–H and O–H groups in total. The van der Waals surface area contributed by atoms with Crippen LogP contribution < -0.4 is 10.1 Å². The molecular weight excluding hydrogens is 430 g/mol. The van der Waals surface area contributed by atoms with Gasteiger partial charge in [0.05, 0.1) is 23.4 Å². The molecule has 0 spiro atoms. The Bertz CT molecular complexity index is 951. The summed E-state index contributed by atoms with van der Waals surface area (Å²) in [6.45, 7) is 2.96. The maximum absolute atomic E-state index is 13.1. The van der Waals surface area contributed by atoms with Crippen molar-refractivity contribution in [3.05, 3.63) is 29.3 Å². The predicted molar refractivity (Wildman–Crippen MR) is 116 cm³/mol. The van der Waals surface area contributed by atoms with Gasteiger partial charge in [-0.25, -0.2) is 13.4 Å². The Kier molecular flexibility index (Phi) is 7.55. The average molecular weight is 456 g/mol. The van der Waals surface area contributed by atoms with E-state index in [1.165, 1.54) is 46.6 Å². The van der Waals surface area contributed by atoms with Crippen LogP contribution in [0.3, 0.4) is 0 Å². The van der Waals surface area contributed by atoms with Gasteiger partial charge in [-0.2, -0.15) is 4.31 Å². The van der Waals surface area contributed by atoms with Gasteiger partial charge in [-0.15, -0.1) is 11.3 Å². The van der Waals surface area contributed by atoms with Crippen LogP contribution in [0.2, 0.25) is 0 Å². The van der Waals surface area contributed by atoms with Gasteiger partial charge in [-0.1, -0.05) is 24.6 Å². The van der Waals surface area contributed by atoms with E-state index in [0.717, 1.165) is 35.7 Å². The minimum absolute atomic E-state index is 0.165. The molecule has 1 aliphatic heterocycles. The Balaban J connectivity index is 1.74. The number of aryl methyl sites for hydroxylation is 1. The van der Waals surface area contributed by atoms with Gasteiger partial charge in [-0.3, -0.25) is 4.79 Å². The van der Waals surface area contributed by atoms with Crippen LogP contribution in [0.5, 0.6) is 5.75 Å². The summed E-state index contributed by atoms with van der Waals surface area (Å²) in [7, 11) is -2.12.